The van der Waals surface area contributed by atoms with Gasteiger partial charge in [-0.2, -0.15) is 5.10 Å². The van der Waals surface area contributed by atoms with Crippen molar-refractivity contribution < 1.29 is 14.7 Å². The normalized spacial score (nSPS) is 16.5. The summed E-state index contributed by atoms with van der Waals surface area (Å²) in [5.74, 6) is -1.28. The van der Waals surface area contributed by atoms with Crippen LogP contribution in [0.3, 0.4) is 0 Å². The highest BCUT2D eigenvalue weighted by molar-refractivity contribution is 9.10. The van der Waals surface area contributed by atoms with Gasteiger partial charge in [0.05, 0.1) is 18.2 Å². The molecule has 0 fully saturated rings. The third-order valence-corrected chi connectivity index (χ3v) is 5.21. The smallest absolute Gasteiger partial charge is 0.303 e. The topological polar surface area (TPSA) is 70.0 Å². The Morgan fingerprint density at radius 2 is 1.58 bits per heavy atom. The van der Waals surface area contributed by atoms with Crippen LogP contribution in [0.1, 0.15) is 36.4 Å². The molecule has 0 saturated heterocycles. The van der Waals surface area contributed by atoms with Crippen molar-refractivity contribution in [1.29, 1.82) is 0 Å². The zero-order valence-electron chi connectivity index (χ0n) is 13.7. The first-order valence-corrected chi connectivity index (χ1v) is 9.65. The summed E-state index contributed by atoms with van der Waals surface area (Å²) in [4.78, 5) is 23.4. The number of amides is 1. The second kappa shape index (κ2) is 8.14. The Hall–Kier alpha value is -1.99. The van der Waals surface area contributed by atoms with E-state index in [4.69, 9.17) is 5.11 Å². The molecule has 0 radical (unpaired) electrons. The van der Waals surface area contributed by atoms with E-state index in [0.29, 0.717) is 6.42 Å². The van der Waals surface area contributed by atoms with E-state index in [2.05, 4.69) is 37.0 Å². The number of hydrogen-bond acceptors (Lipinski definition) is 3. The fourth-order valence-corrected chi connectivity index (χ4v) is 3.36. The van der Waals surface area contributed by atoms with Gasteiger partial charge in [0.15, 0.2) is 0 Å². The Morgan fingerprint density at radius 3 is 2.15 bits per heavy atom. The molecule has 0 unspecified atom stereocenters. The van der Waals surface area contributed by atoms with E-state index < -0.39 is 5.97 Å². The number of carboxylic acid groups (broad SMARTS) is 1. The van der Waals surface area contributed by atoms with Crippen LogP contribution in [-0.4, -0.2) is 27.7 Å². The molecule has 1 N–H and O–H groups in total. The fraction of sp³-hybridized carbons (Fsp3) is 0.211. The van der Waals surface area contributed by atoms with Gasteiger partial charge in [0.2, 0.25) is 5.91 Å². The molecule has 2 aromatic carbocycles. The Bertz CT molecular complexity index is 848. The van der Waals surface area contributed by atoms with Gasteiger partial charge in [0, 0.05) is 21.8 Å². The number of rotatable bonds is 5. The summed E-state index contributed by atoms with van der Waals surface area (Å²) in [6.07, 6.45) is 0.313. The molecule has 0 saturated carbocycles. The first-order valence-electron chi connectivity index (χ1n) is 8.07. The minimum absolute atomic E-state index is 0.0700. The summed E-state index contributed by atoms with van der Waals surface area (Å²) in [5, 5.41) is 14.8. The molecule has 2 aromatic rings. The first kappa shape index (κ1) is 18.8. The van der Waals surface area contributed by atoms with Crippen molar-refractivity contribution >= 4 is 49.4 Å². The van der Waals surface area contributed by atoms with Crippen molar-refractivity contribution in [3.05, 3.63) is 68.6 Å². The maximum Gasteiger partial charge on any atom is 0.303 e. The standard InChI is InChI=1S/C19H16Br2N2O3/c20-14-5-1-12(2-6-14)16-11-17(13-3-7-15(21)8-4-13)23(22-16)18(24)9-10-19(25)26/h1-8,17H,9-11H2,(H,25,26)/t17-/m0/s1. The minimum Gasteiger partial charge on any atom is -0.481 e. The SMILES string of the molecule is O=C(O)CCC(=O)N1N=C(c2ccc(Br)cc2)C[C@H]1c1ccc(Br)cc1. The average Bonchev–Trinajstić information content (AvgIpc) is 3.06. The lowest BCUT2D eigenvalue weighted by Gasteiger charge is -2.22. The molecule has 1 atom stereocenters. The Morgan fingerprint density at radius 1 is 1.00 bits per heavy atom. The molecule has 0 bridgehead atoms. The predicted molar refractivity (Wildman–Crippen MR) is 106 cm³/mol. The number of carbonyl (C=O) groups is 2. The Balaban J connectivity index is 1.89. The van der Waals surface area contributed by atoms with Crippen LogP contribution in [0.5, 0.6) is 0 Å². The summed E-state index contributed by atoms with van der Waals surface area (Å²) in [6.45, 7) is 0. The molecule has 1 amide bonds. The van der Waals surface area contributed by atoms with E-state index in [1.54, 1.807) is 0 Å². The Kier molecular flexibility index (Phi) is 5.88. The van der Waals surface area contributed by atoms with Gasteiger partial charge >= 0.3 is 5.97 Å². The first-order chi connectivity index (χ1) is 12.4. The lowest BCUT2D eigenvalue weighted by Crippen LogP contribution is -2.27. The van der Waals surface area contributed by atoms with E-state index in [-0.39, 0.29) is 24.8 Å². The van der Waals surface area contributed by atoms with Gasteiger partial charge in [-0.25, -0.2) is 5.01 Å². The van der Waals surface area contributed by atoms with Gasteiger partial charge in [0.1, 0.15) is 0 Å². The van der Waals surface area contributed by atoms with Crippen LogP contribution in [-0.2, 0) is 9.59 Å². The molecule has 5 nitrogen and oxygen atoms in total. The summed E-state index contributed by atoms with van der Waals surface area (Å²) in [6, 6.07) is 15.3. The number of hydrogen-bond donors (Lipinski definition) is 1. The molecule has 3 rings (SSSR count). The highest BCUT2D eigenvalue weighted by atomic mass is 79.9. The number of aliphatic carboxylic acids is 1. The zero-order valence-corrected chi connectivity index (χ0v) is 16.9. The minimum atomic E-state index is -0.991. The number of carbonyl (C=O) groups excluding carboxylic acids is 1. The molecule has 0 aliphatic carbocycles. The van der Waals surface area contributed by atoms with Crippen LogP contribution in [0.25, 0.3) is 0 Å². The van der Waals surface area contributed by atoms with Crippen molar-refractivity contribution in [3.8, 4) is 0 Å². The second-order valence-corrected chi connectivity index (χ2v) is 7.79. The van der Waals surface area contributed by atoms with E-state index >= 15 is 0 Å². The van der Waals surface area contributed by atoms with E-state index in [9.17, 15) is 9.59 Å². The van der Waals surface area contributed by atoms with Crippen molar-refractivity contribution in [2.24, 2.45) is 5.10 Å². The van der Waals surface area contributed by atoms with E-state index in [1.165, 1.54) is 5.01 Å². The van der Waals surface area contributed by atoms with Crippen molar-refractivity contribution in [3.63, 3.8) is 0 Å². The highest BCUT2D eigenvalue weighted by Gasteiger charge is 2.33. The molecule has 1 aliphatic heterocycles. The number of hydrazone groups is 1. The van der Waals surface area contributed by atoms with Crippen LogP contribution >= 0.6 is 31.9 Å². The second-order valence-electron chi connectivity index (χ2n) is 5.96. The fourth-order valence-electron chi connectivity index (χ4n) is 2.83. The van der Waals surface area contributed by atoms with Gasteiger partial charge in [0.25, 0.3) is 0 Å². The number of carboxylic acids is 1. The molecule has 7 heteroatoms. The van der Waals surface area contributed by atoms with Crippen LogP contribution < -0.4 is 0 Å². The van der Waals surface area contributed by atoms with E-state index in [0.717, 1.165) is 25.8 Å². The molecule has 134 valence electrons. The van der Waals surface area contributed by atoms with Crippen LogP contribution in [0.15, 0.2) is 62.6 Å². The maximum absolute atomic E-state index is 12.6. The largest absolute Gasteiger partial charge is 0.481 e. The number of nitrogens with zero attached hydrogens (tertiary/aromatic N) is 2. The quantitative estimate of drug-likeness (QED) is 0.672. The monoisotopic (exact) mass is 478 g/mol. The van der Waals surface area contributed by atoms with Crippen LogP contribution in [0.2, 0.25) is 0 Å². The lowest BCUT2D eigenvalue weighted by atomic mass is 9.98. The number of halogens is 2. The molecule has 1 aliphatic rings. The zero-order chi connectivity index (χ0) is 18.7. The van der Waals surface area contributed by atoms with Gasteiger partial charge in [-0.3, -0.25) is 9.59 Å². The molecule has 0 aromatic heterocycles. The van der Waals surface area contributed by atoms with Crippen LogP contribution in [0, 0.1) is 0 Å². The van der Waals surface area contributed by atoms with Gasteiger partial charge in [-0.1, -0.05) is 56.1 Å². The van der Waals surface area contributed by atoms with Crippen LogP contribution in [0.4, 0.5) is 0 Å². The molecular weight excluding hydrogens is 464 g/mol. The molecule has 1 heterocycles. The highest BCUT2D eigenvalue weighted by Crippen LogP contribution is 2.34. The summed E-state index contributed by atoms with van der Waals surface area (Å²) in [5.41, 5.74) is 2.73. The number of benzene rings is 2. The molecular formula is C19H16Br2N2O3. The van der Waals surface area contributed by atoms with Crippen molar-refractivity contribution in [2.45, 2.75) is 25.3 Å². The van der Waals surface area contributed by atoms with Gasteiger partial charge < -0.3 is 5.11 Å². The third-order valence-electron chi connectivity index (χ3n) is 4.15. The predicted octanol–water partition coefficient (Wildman–Crippen LogP) is 4.75. The third kappa shape index (κ3) is 4.40. The van der Waals surface area contributed by atoms with Crippen molar-refractivity contribution in [1.82, 2.24) is 5.01 Å². The maximum atomic E-state index is 12.6. The summed E-state index contributed by atoms with van der Waals surface area (Å²) < 4.78 is 1.93. The summed E-state index contributed by atoms with van der Waals surface area (Å²) >= 11 is 6.83. The van der Waals surface area contributed by atoms with Crippen molar-refractivity contribution in [2.75, 3.05) is 0 Å². The average molecular weight is 480 g/mol. The molecule has 26 heavy (non-hydrogen) atoms. The lowest BCUT2D eigenvalue weighted by molar-refractivity contribution is -0.141. The Labute approximate surface area is 168 Å². The van der Waals surface area contributed by atoms with E-state index in [1.807, 2.05) is 48.5 Å². The van der Waals surface area contributed by atoms with Gasteiger partial charge in [-0.15, -0.1) is 0 Å². The summed E-state index contributed by atoms with van der Waals surface area (Å²) in [7, 11) is 0. The van der Waals surface area contributed by atoms with Gasteiger partial charge in [-0.05, 0) is 35.4 Å². The molecule has 0 spiro atoms.